The summed E-state index contributed by atoms with van der Waals surface area (Å²) in [5.74, 6) is 0.637. The molecule has 0 saturated carbocycles. The summed E-state index contributed by atoms with van der Waals surface area (Å²) >= 11 is 14.3. The van der Waals surface area contributed by atoms with Gasteiger partial charge in [0.1, 0.15) is 0 Å². The van der Waals surface area contributed by atoms with Gasteiger partial charge in [0.2, 0.25) is 0 Å². The summed E-state index contributed by atoms with van der Waals surface area (Å²) in [6.07, 6.45) is 4.45. The van der Waals surface area contributed by atoms with Crippen molar-refractivity contribution in [1.82, 2.24) is 4.90 Å². The van der Waals surface area contributed by atoms with Crippen LogP contribution in [0.3, 0.4) is 0 Å². The van der Waals surface area contributed by atoms with Gasteiger partial charge >= 0.3 is 0 Å². The van der Waals surface area contributed by atoms with Crippen LogP contribution in [0.5, 0.6) is 0 Å². The Hall–Kier alpha value is 0.420. The number of nitrogens with zero attached hydrogens (tertiary/aromatic N) is 1. The quantitative estimate of drug-likeness (QED) is 0.630. The van der Waals surface area contributed by atoms with Gasteiger partial charge in [0.25, 0.3) is 5.91 Å². The van der Waals surface area contributed by atoms with Crippen LogP contribution < -0.4 is 0 Å². The zero-order valence-corrected chi connectivity index (χ0v) is 14.5. The molecule has 1 amide bonds. The van der Waals surface area contributed by atoms with Gasteiger partial charge in [-0.15, -0.1) is 22.9 Å². The third-order valence-corrected chi connectivity index (χ3v) is 6.77. The van der Waals surface area contributed by atoms with E-state index in [-0.39, 0.29) is 11.9 Å². The molecule has 6 heteroatoms. The van der Waals surface area contributed by atoms with Crippen molar-refractivity contribution >= 4 is 60.7 Å². The Morgan fingerprint density at radius 3 is 2.83 bits per heavy atom. The van der Waals surface area contributed by atoms with Crippen molar-refractivity contribution < 1.29 is 4.79 Å². The number of rotatable bonds is 2. The highest BCUT2D eigenvalue weighted by atomic mass is 79.9. The molecule has 2 heterocycles. The van der Waals surface area contributed by atoms with Crippen molar-refractivity contribution in [2.24, 2.45) is 0 Å². The van der Waals surface area contributed by atoms with Crippen LogP contribution in [0.1, 0.15) is 35.4 Å². The Morgan fingerprint density at radius 1 is 1.44 bits per heavy atom. The third-order valence-electron chi connectivity index (χ3n) is 3.17. The molecule has 0 aromatic carbocycles. The third kappa shape index (κ3) is 3.30. The Kier molecular flexibility index (Phi) is 5.54. The predicted molar refractivity (Wildman–Crippen MR) is 83.7 cm³/mol. The molecule has 1 unspecified atom stereocenters. The van der Waals surface area contributed by atoms with Crippen molar-refractivity contribution in [3.8, 4) is 0 Å². The van der Waals surface area contributed by atoms with E-state index in [2.05, 4.69) is 31.9 Å². The van der Waals surface area contributed by atoms with Crippen LogP contribution in [-0.4, -0.2) is 29.3 Å². The average Bonchev–Trinajstić information content (AvgIpc) is 2.58. The molecule has 0 bridgehead atoms. The lowest BCUT2D eigenvalue weighted by molar-refractivity contribution is 0.0705. The van der Waals surface area contributed by atoms with Crippen LogP contribution in [-0.2, 0) is 0 Å². The minimum Gasteiger partial charge on any atom is -0.334 e. The summed E-state index contributed by atoms with van der Waals surface area (Å²) in [5, 5.41) is 0. The van der Waals surface area contributed by atoms with Crippen molar-refractivity contribution in [2.45, 2.75) is 31.7 Å². The van der Waals surface area contributed by atoms with E-state index in [1.807, 2.05) is 11.0 Å². The van der Waals surface area contributed by atoms with Gasteiger partial charge < -0.3 is 4.90 Å². The molecule has 1 atom stereocenters. The lowest BCUT2D eigenvalue weighted by Crippen LogP contribution is -2.40. The SMILES string of the molecule is O=C(c1cc(Br)c(Br)s1)N1CCCCCC1CCl. The maximum absolute atomic E-state index is 12.5. The molecule has 1 fully saturated rings. The zero-order chi connectivity index (χ0) is 13.1. The molecule has 100 valence electrons. The Morgan fingerprint density at radius 2 is 2.22 bits per heavy atom. The predicted octanol–water partition coefficient (Wildman–Crippen LogP) is 4.90. The van der Waals surface area contributed by atoms with Crippen molar-refractivity contribution in [3.63, 3.8) is 0 Å². The van der Waals surface area contributed by atoms with Gasteiger partial charge in [-0.25, -0.2) is 0 Å². The van der Waals surface area contributed by atoms with Crippen LogP contribution >= 0.6 is 54.8 Å². The first-order valence-corrected chi connectivity index (χ1v) is 8.89. The highest BCUT2D eigenvalue weighted by molar-refractivity contribution is 9.13. The van der Waals surface area contributed by atoms with Gasteiger partial charge in [0, 0.05) is 22.9 Å². The standard InChI is InChI=1S/C12H14Br2ClNOS/c13-9-6-10(18-11(9)14)12(17)16-5-3-1-2-4-8(16)7-15/h6,8H,1-5,7H2. The van der Waals surface area contributed by atoms with Crippen LogP contribution in [0.15, 0.2) is 14.3 Å². The van der Waals surface area contributed by atoms with Gasteiger partial charge in [0.05, 0.1) is 8.66 Å². The fourth-order valence-electron chi connectivity index (χ4n) is 2.20. The molecular formula is C12H14Br2ClNOS. The maximum atomic E-state index is 12.5. The molecule has 0 aliphatic carbocycles. The lowest BCUT2D eigenvalue weighted by Gasteiger charge is -2.28. The highest BCUT2D eigenvalue weighted by Gasteiger charge is 2.27. The number of carbonyl (C=O) groups is 1. The second kappa shape index (κ2) is 6.73. The fraction of sp³-hybridized carbons (Fsp3) is 0.583. The molecule has 1 saturated heterocycles. The summed E-state index contributed by atoms with van der Waals surface area (Å²) in [4.78, 5) is 15.2. The van der Waals surface area contributed by atoms with Crippen molar-refractivity contribution in [3.05, 3.63) is 19.2 Å². The number of hydrogen-bond donors (Lipinski definition) is 0. The summed E-state index contributed by atoms with van der Waals surface area (Å²) in [6.45, 7) is 0.823. The van der Waals surface area contributed by atoms with E-state index in [4.69, 9.17) is 11.6 Å². The minimum absolute atomic E-state index is 0.110. The molecule has 0 spiro atoms. The van der Waals surface area contributed by atoms with Crippen LogP contribution in [0, 0.1) is 0 Å². The summed E-state index contributed by atoms with van der Waals surface area (Å²) < 4.78 is 1.90. The number of thiophene rings is 1. The molecule has 2 nitrogen and oxygen atoms in total. The molecule has 0 N–H and O–H groups in total. The number of hydrogen-bond acceptors (Lipinski definition) is 2. The molecule has 1 aliphatic rings. The molecule has 2 rings (SSSR count). The lowest BCUT2D eigenvalue weighted by atomic mass is 10.1. The van der Waals surface area contributed by atoms with E-state index < -0.39 is 0 Å². The van der Waals surface area contributed by atoms with Crippen LogP contribution in [0.25, 0.3) is 0 Å². The first-order chi connectivity index (χ1) is 8.63. The molecule has 18 heavy (non-hydrogen) atoms. The Labute approximate surface area is 133 Å². The van der Waals surface area contributed by atoms with E-state index >= 15 is 0 Å². The van der Waals surface area contributed by atoms with E-state index in [0.29, 0.717) is 5.88 Å². The number of carbonyl (C=O) groups excluding carboxylic acids is 1. The van der Waals surface area contributed by atoms with E-state index in [1.54, 1.807) is 0 Å². The Bertz CT molecular complexity index is 418. The number of amides is 1. The van der Waals surface area contributed by atoms with E-state index in [1.165, 1.54) is 24.2 Å². The molecule has 0 radical (unpaired) electrons. The van der Waals surface area contributed by atoms with Gasteiger partial charge in [-0.1, -0.05) is 12.8 Å². The monoisotopic (exact) mass is 413 g/mol. The number of halogens is 3. The zero-order valence-electron chi connectivity index (χ0n) is 9.79. The fourth-order valence-corrected chi connectivity index (χ4v) is 4.51. The van der Waals surface area contributed by atoms with Gasteiger partial charge in [-0.3, -0.25) is 4.79 Å². The molecule has 1 aromatic rings. The first kappa shape index (κ1) is 14.8. The molecular weight excluding hydrogens is 401 g/mol. The van der Waals surface area contributed by atoms with Gasteiger partial charge in [-0.05, 0) is 50.8 Å². The number of likely N-dealkylation sites (tertiary alicyclic amines) is 1. The molecule has 1 aromatic heterocycles. The minimum atomic E-state index is 0.110. The van der Waals surface area contributed by atoms with Crippen LogP contribution in [0.2, 0.25) is 0 Å². The maximum Gasteiger partial charge on any atom is 0.264 e. The summed E-state index contributed by atoms with van der Waals surface area (Å²) in [7, 11) is 0. The second-order valence-electron chi connectivity index (χ2n) is 4.39. The van der Waals surface area contributed by atoms with Crippen molar-refractivity contribution in [1.29, 1.82) is 0 Å². The largest absolute Gasteiger partial charge is 0.334 e. The normalized spacial score (nSPS) is 20.8. The first-order valence-electron chi connectivity index (χ1n) is 5.95. The van der Waals surface area contributed by atoms with Gasteiger partial charge in [0.15, 0.2) is 0 Å². The summed E-state index contributed by atoms with van der Waals surface area (Å²) in [5.41, 5.74) is 0. The van der Waals surface area contributed by atoms with Crippen molar-refractivity contribution in [2.75, 3.05) is 12.4 Å². The Balaban J connectivity index is 2.19. The van der Waals surface area contributed by atoms with E-state index in [0.717, 1.165) is 32.5 Å². The summed E-state index contributed by atoms with van der Waals surface area (Å²) in [6, 6.07) is 2.06. The molecule has 1 aliphatic heterocycles. The highest BCUT2D eigenvalue weighted by Crippen LogP contribution is 2.33. The smallest absolute Gasteiger partial charge is 0.264 e. The topological polar surface area (TPSA) is 20.3 Å². The average molecular weight is 416 g/mol. The van der Waals surface area contributed by atoms with Gasteiger partial charge in [-0.2, -0.15) is 0 Å². The number of alkyl halides is 1. The second-order valence-corrected chi connectivity index (χ2v) is 7.92. The van der Waals surface area contributed by atoms with Crippen LogP contribution in [0.4, 0.5) is 0 Å². The van der Waals surface area contributed by atoms with E-state index in [9.17, 15) is 4.79 Å².